The molecule has 1 atom stereocenters. The fraction of sp³-hybridized carbons (Fsp3) is 0.167. The van der Waals surface area contributed by atoms with Gasteiger partial charge in [0.1, 0.15) is 16.9 Å². The SMILES string of the molecule is CC(=O)c1c2c(c3oc(=O)cc(C)c3c1O)[C@@H](c1cc3ccccc3[nH]c1=O)CC(=O)O2. The quantitative estimate of drug-likeness (QED) is 0.216. The molecule has 0 bridgehead atoms. The minimum atomic E-state index is -0.856. The molecular formula is C24H17NO7. The Bertz CT molecular complexity index is 1590. The van der Waals surface area contributed by atoms with E-state index in [0.717, 1.165) is 5.39 Å². The largest absolute Gasteiger partial charge is 0.506 e. The van der Waals surface area contributed by atoms with E-state index in [9.17, 15) is 24.3 Å². The Labute approximate surface area is 180 Å². The molecule has 32 heavy (non-hydrogen) atoms. The normalized spacial score (nSPS) is 15.6. The summed E-state index contributed by atoms with van der Waals surface area (Å²) < 4.78 is 10.8. The number of hydrogen-bond donors (Lipinski definition) is 2. The summed E-state index contributed by atoms with van der Waals surface area (Å²) in [4.78, 5) is 52.9. The number of pyridine rings is 1. The number of carbonyl (C=O) groups excluding carboxylic acids is 2. The Balaban J connectivity index is 1.95. The molecule has 0 saturated heterocycles. The molecule has 0 saturated carbocycles. The van der Waals surface area contributed by atoms with Crippen molar-refractivity contribution in [3.8, 4) is 11.5 Å². The summed E-state index contributed by atoms with van der Waals surface area (Å²) in [6, 6.07) is 10.0. The number of aryl methyl sites for hydroxylation is 1. The van der Waals surface area contributed by atoms with Crippen LogP contribution in [0, 0.1) is 6.92 Å². The van der Waals surface area contributed by atoms with Gasteiger partial charge in [-0.2, -0.15) is 0 Å². The standard InChI is InChI=1S/C24H17NO7/c1-10-7-16(27)31-22-18(10)21(29)19(11(2)26)23-20(22)13(9-17(28)32-23)14-8-12-5-3-4-6-15(12)25-24(14)30/h3-8,13,29H,9H2,1-2H3,(H,25,30)/t13-/m1/s1. The number of aromatic hydroxyl groups is 1. The van der Waals surface area contributed by atoms with E-state index in [-0.39, 0.29) is 39.8 Å². The molecule has 2 N–H and O–H groups in total. The number of aromatic amines is 1. The number of Topliss-reactive ketones (excluding diaryl/α,β-unsaturated/α-hetero) is 1. The molecular weight excluding hydrogens is 414 g/mol. The first-order valence-corrected chi connectivity index (χ1v) is 9.93. The van der Waals surface area contributed by atoms with Crippen molar-refractivity contribution in [2.24, 2.45) is 0 Å². The van der Waals surface area contributed by atoms with Crippen LogP contribution >= 0.6 is 0 Å². The minimum absolute atomic E-state index is 0.0161. The average molecular weight is 431 g/mol. The second-order valence-corrected chi connectivity index (χ2v) is 7.85. The molecule has 0 unspecified atom stereocenters. The fourth-order valence-corrected chi connectivity index (χ4v) is 4.43. The van der Waals surface area contributed by atoms with Gasteiger partial charge in [0.05, 0.1) is 11.8 Å². The first kappa shape index (κ1) is 19.7. The number of ketones is 1. The van der Waals surface area contributed by atoms with Crippen molar-refractivity contribution in [2.45, 2.75) is 26.2 Å². The highest BCUT2D eigenvalue weighted by Gasteiger charge is 2.38. The number of para-hydroxylation sites is 1. The summed E-state index contributed by atoms with van der Waals surface area (Å²) >= 11 is 0. The van der Waals surface area contributed by atoms with Gasteiger partial charge in [-0.1, -0.05) is 18.2 Å². The molecule has 0 fully saturated rings. The van der Waals surface area contributed by atoms with Gasteiger partial charge in [0, 0.05) is 28.6 Å². The highest BCUT2D eigenvalue weighted by molar-refractivity contribution is 6.09. The van der Waals surface area contributed by atoms with Crippen LogP contribution in [0.3, 0.4) is 0 Å². The predicted octanol–water partition coefficient (Wildman–Crippen LogP) is 3.29. The van der Waals surface area contributed by atoms with Crippen LogP contribution in [0.15, 0.2) is 50.4 Å². The number of nitrogens with one attached hydrogen (secondary N) is 1. The monoisotopic (exact) mass is 431 g/mol. The van der Waals surface area contributed by atoms with Gasteiger partial charge in [0.2, 0.25) is 0 Å². The van der Waals surface area contributed by atoms with Crippen LogP contribution in [0.5, 0.6) is 11.5 Å². The topological polar surface area (TPSA) is 127 Å². The van der Waals surface area contributed by atoms with Crippen LogP contribution < -0.4 is 15.9 Å². The lowest BCUT2D eigenvalue weighted by atomic mass is 9.83. The zero-order valence-corrected chi connectivity index (χ0v) is 17.1. The lowest BCUT2D eigenvalue weighted by molar-refractivity contribution is -0.135. The molecule has 160 valence electrons. The van der Waals surface area contributed by atoms with E-state index < -0.39 is 34.6 Å². The highest BCUT2D eigenvalue weighted by atomic mass is 16.5. The van der Waals surface area contributed by atoms with E-state index in [0.29, 0.717) is 11.1 Å². The third-order valence-electron chi connectivity index (χ3n) is 5.79. The smallest absolute Gasteiger partial charge is 0.336 e. The fourth-order valence-electron chi connectivity index (χ4n) is 4.43. The molecule has 0 amide bonds. The summed E-state index contributed by atoms with van der Waals surface area (Å²) in [7, 11) is 0. The molecule has 0 radical (unpaired) electrons. The number of ether oxygens (including phenoxy) is 1. The molecule has 0 spiro atoms. The maximum Gasteiger partial charge on any atom is 0.336 e. The highest BCUT2D eigenvalue weighted by Crippen LogP contribution is 2.49. The number of aromatic nitrogens is 1. The molecule has 1 aliphatic rings. The number of phenols is 1. The van der Waals surface area contributed by atoms with Gasteiger partial charge in [-0.25, -0.2) is 4.79 Å². The Kier molecular flexibility index (Phi) is 4.27. The molecule has 2 aromatic heterocycles. The Morgan fingerprint density at radius 2 is 1.91 bits per heavy atom. The van der Waals surface area contributed by atoms with Gasteiger partial charge in [-0.05, 0) is 36.9 Å². The molecule has 0 aliphatic carbocycles. The van der Waals surface area contributed by atoms with Gasteiger partial charge in [0.15, 0.2) is 11.5 Å². The van der Waals surface area contributed by atoms with Gasteiger partial charge in [-0.3, -0.25) is 14.4 Å². The first-order valence-electron chi connectivity index (χ1n) is 9.93. The summed E-state index contributed by atoms with van der Waals surface area (Å²) in [5, 5.41) is 11.8. The minimum Gasteiger partial charge on any atom is -0.506 e. The van der Waals surface area contributed by atoms with Crippen LogP contribution in [0.1, 0.15) is 46.3 Å². The van der Waals surface area contributed by atoms with Crippen LogP contribution in [-0.2, 0) is 4.79 Å². The second kappa shape index (κ2) is 6.91. The van der Waals surface area contributed by atoms with E-state index >= 15 is 0 Å². The van der Waals surface area contributed by atoms with E-state index in [1.54, 1.807) is 25.1 Å². The Morgan fingerprint density at radius 3 is 2.66 bits per heavy atom. The van der Waals surface area contributed by atoms with Crippen LogP contribution in [0.25, 0.3) is 21.9 Å². The summed E-state index contributed by atoms with van der Waals surface area (Å²) in [6.45, 7) is 2.83. The number of hydrogen-bond acceptors (Lipinski definition) is 7. The molecule has 5 rings (SSSR count). The molecule has 8 nitrogen and oxygen atoms in total. The van der Waals surface area contributed by atoms with Crippen molar-refractivity contribution in [2.75, 3.05) is 0 Å². The van der Waals surface area contributed by atoms with E-state index in [2.05, 4.69) is 4.98 Å². The summed E-state index contributed by atoms with van der Waals surface area (Å²) in [5.74, 6) is -2.69. The number of phenolic OH excluding ortho intramolecular Hbond substituents is 1. The van der Waals surface area contributed by atoms with E-state index in [1.807, 2.05) is 12.1 Å². The van der Waals surface area contributed by atoms with Gasteiger partial charge in [-0.15, -0.1) is 0 Å². The number of carbonyl (C=O) groups is 2. The van der Waals surface area contributed by atoms with Crippen molar-refractivity contribution in [3.05, 3.63) is 79.4 Å². The lowest BCUT2D eigenvalue weighted by Gasteiger charge is -2.27. The van der Waals surface area contributed by atoms with Crippen molar-refractivity contribution in [1.82, 2.24) is 4.98 Å². The predicted molar refractivity (Wildman–Crippen MR) is 116 cm³/mol. The lowest BCUT2D eigenvalue weighted by Crippen LogP contribution is -2.27. The Hall–Kier alpha value is -4.20. The maximum absolute atomic E-state index is 13.0. The van der Waals surface area contributed by atoms with Crippen molar-refractivity contribution in [3.63, 3.8) is 0 Å². The van der Waals surface area contributed by atoms with Gasteiger partial charge < -0.3 is 19.2 Å². The number of benzene rings is 2. The number of H-pyrrole nitrogens is 1. The third-order valence-corrected chi connectivity index (χ3v) is 5.79. The molecule has 2 aromatic carbocycles. The van der Waals surface area contributed by atoms with Crippen LogP contribution in [0.4, 0.5) is 0 Å². The third kappa shape index (κ3) is 2.84. The maximum atomic E-state index is 13.0. The molecule has 1 aliphatic heterocycles. The second-order valence-electron chi connectivity index (χ2n) is 7.85. The first-order chi connectivity index (χ1) is 15.3. The number of esters is 1. The van der Waals surface area contributed by atoms with Crippen molar-refractivity contribution in [1.29, 1.82) is 0 Å². The zero-order valence-electron chi connectivity index (χ0n) is 17.1. The van der Waals surface area contributed by atoms with Crippen molar-refractivity contribution >= 4 is 33.6 Å². The summed E-state index contributed by atoms with van der Waals surface area (Å²) in [6.07, 6.45) is -0.205. The molecule has 3 heterocycles. The summed E-state index contributed by atoms with van der Waals surface area (Å²) in [5.41, 5.74) is 0.184. The van der Waals surface area contributed by atoms with E-state index in [1.165, 1.54) is 13.0 Å². The average Bonchev–Trinajstić information content (AvgIpc) is 2.71. The van der Waals surface area contributed by atoms with Crippen LogP contribution in [-0.4, -0.2) is 21.8 Å². The molecule has 4 aromatic rings. The number of fused-ring (bicyclic) bond motifs is 4. The van der Waals surface area contributed by atoms with Crippen LogP contribution in [0.2, 0.25) is 0 Å². The molecule has 8 heteroatoms. The van der Waals surface area contributed by atoms with Gasteiger partial charge in [0.25, 0.3) is 5.56 Å². The number of rotatable bonds is 2. The Morgan fingerprint density at radius 1 is 1.16 bits per heavy atom. The van der Waals surface area contributed by atoms with E-state index in [4.69, 9.17) is 9.15 Å². The zero-order chi connectivity index (χ0) is 22.7. The van der Waals surface area contributed by atoms with Gasteiger partial charge >= 0.3 is 11.6 Å². The van der Waals surface area contributed by atoms with Crippen molar-refractivity contribution < 1.29 is 23.8 Å².